The lowest BCUT2D eigenvalue weighted by molar-refractivity contribution is 0.0974. The van der Waals surface area contributed by atoms with Gasteiger partial charge in [-0.15, -0.1) is 12.6 Å². The van der Waals surface area contributed by atoms with Crippen LogP contribution in [0.2, 0.25) is 0 Å². The largest absolute Gasteiger partial charge is 0.459 e. The second kappa shape index (κ2) is 8.89. The van der Waals surface area contributed by atoms with E-state index in [0.717, 1.165) is 10.8 Å². The first-order valence-corrected chi connectivity index (χ1v) is 9.97. The summed E-state index contributed by atoms with van der Waals surface area (Å²) >= 11 is 4.45. The topological polar surface area (TPSA) is 83.7 Å². The molecule has 2 N–H and O–H groups in total. The van der Waals surface area contributed by atoms with Gasteiger partial charge in [0.25, 0.3) is 11.8 Å². The van der Waals surface area contributed by atoms with Gasteiger partial charge in [-0.25, -0.2) is 4.99 Å². The van der Waals surface area contributed by atoms with Gasteiger partial charge in [0, 0.05) is 16.1 Å². The molecule has 1 heterocycles. The Hall–Kier alpha value is -3.84. The van der Waals surface area contributed by atoms with E-state index in [0.29, 0.717) is 27.7 Å². The van der Waals surface area contributed by atoms with Gasteiger partial charge in [-0.3, -0.25) is 9.59 Å². The summed E-state index contributed by atoms with van der Waals surface area (Å²) < 4.78 is 5.08. The molecule has 0 saturated carbocycles. The molecule has 0 radical (unpaired) electrons. The number of carbonyl (C=O) groups excluding carboxylic acids is 2. The number of rotatable bonds is 4. The third-order valence-electron chi connectivity index (χ3n) is 4.57. The van der Waals surface area contributed by atoms with Crippen LogP contribution in [0.5, 0.6) is 0 Å². The third kappa shape index (κ3) is 4.84. The number of anilines is 1. The van der Waals surface area contributed by atoms with E-state index in [1.807, 2.05) is 36.4 Å². The van der Waals surface area contributed by atoms with Gasteiger partial charge in [-0.1, -0.05) is 30.3 Å². The van der Waals surface area contributed by atoms with E-state index in [9.17, 15) is 9.59 Å². The van der Waals surface area contributed by atoms with Gasteiger partial charge in [0.2, 0.25) is 0 Å². The van der Waals surface area contributed by atoms with Crippen molar-refractivity contribution in [2.24, 2.45) is 4.99 Å². The third-order valence-corrected chi connectivity index (χ3v) is 4.93. The Balaban J connectivity index is 1.45. The van der Waals surface area contributed by atoms with Crippen molar-refractivity contribution in [1.82, 2.24) is 5.32 Å². The molecule has 4 rings (SSSR count). The average Bonchev–Trinajstić information content (AvgIpc) is 3.30. The van der Waals surface area contributed by atoms with E-state index in [1.54, 1.807) is 43.3 Å². The Labute approximate surface area is 184 Å². The van der Waals surface area contributed by atoms with Gasteiger partial charge in [0.05, 0.1) is 12.0 Å². The monoisotopic (exact) mass is 429 g/mol. The predicted octanol–water partition coefficient (Wildman–Crippen LogP) is 5.45. The highest BCUT2D eigenvalue weighted by Gasteiger charge is 2.11. The van der Waals surface area contributed by atoms with Crippen molar-refractivity contribution in [3.05, 3.63) is 90.4 Å². The molecule has 2 amide bonds. The van der Waals surface area contributed by atoms with Gasteiger partial charge < -0.3 is 15.1 Å². The maximum absolute atomic E-state index is 12.6. The molecule has 4 aromatic rings. The number of carbonyl (C=O) groups is 2. The molecule has 1 aromatic heterocycles. The average molecular weight is 430 g/mol. The Morgan fingerprint density at radius 1 is 0.903 bits per heavy atom. The van der Waals surface area contributed by atoms with E-state index in [2.05, 4.69) is 28.3 Å². The normalized spacial score (nSPS) is 11.4. The molecule has 3 aromatic carbocycles. The zero-order valence-corrected chi connectivity index (χ0v) is 17.5. The maximum atomic E-state index is 12.6. The minimum Gasteiger partial charge on any atom is -0.459 e. The van der Waals surface area contributed by atoms with E-state index < -0.39 is 0 Å². The van der Waals surface area contributed by atoms with Crippen LogP contribution in [0.1, 0.15) is 27.8 Å². The molecular formula is C24H19N3O3S. The number of aliphatic imine (C=N–C) groups is 1. The number of hydrogen-bond donors (Lipinski definition) is 3. The lowest BCUT2D eigenvalue weighted by Crippen LogP contribution is -2.28. The van der Waals surface area contributed by atoms with Crippen molar-refractivity contribution < 1.29 is 14.0 Å². The number of hydrogen-bond acceptors (Lipinski definition) is 5. The molecule has 31 heavy (non-hydrogen) atoms. The molecule has 0 saturated heterocycles. The quantitative estimate of drug-likeness (QED) is 0.229. The number of nitrogens with zero attached hydrogens (tertiary/aromatic N) is 1. The molecular weight excluding hydrogens is 410 g/mol. The Bertz CT molecular complexity index is 1300. The standard InChI is InChI=1S/C24H19N3O3S/c1-15(26-23(28)18-9-8-16-5-2-3-6-17(16)13-18)25-20-11-10-19(14-22(20)31)27-24(29)21-7-4-12-30-21/h2-14,31H,1H3,(H,27,29)(H,25,26,28). The molecule has 0 aliphatic heterocycles. The molecule has 154 valence electrons. The van der Waals surface area contributed by atoms with Crippen molar-refractivity contribution in [2.75, 3.05) is 5.32 Å². The lowest BCUT2D eigenvalue weighted by Gasteiger charge is -2.09. The molecule has 0 spiro atoms. The summed E-state index contributed by atoms with van der Waals surface area (Å²) in [6.07, 6.45) is 1.44. The number of thiol groups is 1. The fourth-order valence-electron chi connectivity index (χ4n) is 3.07. The first kappa shape index (κ1) is 20.4. The SMILES string of the molecule is CC(=Nc1ccc(NC(=O)c2ccco2)cc1S)NC(=O)c1ccc2ccccc2c1. The van der Waals surface area contributed by atoms with Crippen molar-refractivity contribution in [1.29, 1.82) is 0 Å². The zero-order valence-electron chi connectivity index (χ0n) is 16.6. The van der Waals surface area contributed by atoms with Crippen molar-refractivity contribution >= 4 is 52.4 Å². The van der Waals surface area contributed by atoms with Gasteiger partial charge in [0.1, 0.15) is 5.84 Å². The van der Waals surface area contributed by atoms with Crippen LogP contribution in [0.4, 0.5) is 11.4 Å². The molecule has 0 unspecified atom stereocenters. The predicted molar refractivity (Wildman–Crippen MR) is 125 cm³/mol. The summed E-state index contributed by atoms with van der Waals surface area (Å²) in [7, 11) is 0. The summed E-state index contributed by atoms with van der Waals surface area (Å²) in [6.45, 7) is 1.71. The first-order valence-electron chi connectivity index (χ1n) is 9.53. The maximum Gasteiger partial charge on any atom is 0.291 e. The number of amidine groups is 1. The van der Waals surface area contributed by atoms with Crippen LogP contribution in [0.25, 0.3) is 10.8 Å². The van der Waals surface area contributed by atoms with E-state index in [4.69, 9.17) is 4.42 Å². The zero-order chi connectivity index (χ0) is 21.8. The van der Waals surface area contributed by atoms with Crippen LogP contribution in [0, 0.1) is 0 Å². The molecule has 7 heteroatoms. The fraction of sp³-hybridized carbons (Fsp3) is 0.0417. The van der Waals surface area contributed by atoms with E-state index >= 15 is 0 Å². The number of benzene rings is 3. The van der Waals surface area contributed by atoms with E-state index in [-0.39, 0.29) is 17.6 Å². The smallest absolute Gasteiger partial charge is 0.291 e. The molecule has 0 atom stereocenters. The van der Waals surface area contributed by atoms with Gasteiger partial charge in [-0.2, -0.15) is 0 Å². The van der Waals surface area contributed by atoms with Crippen LogP contribution in [-0.4, -0.2) is 17.6 Å². The second-order valence-corrected chi connectivity index (χ2v) is 7.33. The summed E-state index contributed by atoms with van der Waals surface area (Å²) in [4.78, 5) is 29.7. The number of nitrogens with one attached hydrogen (secondary N) is 2. The van der Waals surface area contributed by atoms with Crippen LogP contribution >= 0.6 is 12.6 Å². The highest BCUT2D eigenvalue weighted by molar-refractivity contribution is 7.80. The van der Waals surface area contributed by atoms with Crippen molar-refractivity contribution in [2.45, 2.75) is 11.8 Å². The van der Waals surface area contributed by atoms with Crippen LogP contribution in [0.3, 0.4) is 0 Å². The van der Waals surface area contributed by atoms with Gasteiger partial charge in [-0.05, 0) is 60.2 Å². The fourth-order valence-corrected chi connectivity index (χ4v) is 3.34. The summed E-state index contributed by atoms with van der Waals surface area (Å²) in [6, 6.07) is 21.7. The number of furan rings is 1. The van der Waals surface area contributed by atoms with Crippen LogP contribution < -0.4 is 10.6 Å². The minimum absolute atomic E-state index is 0.218. The second-order valence-electron chi connectivity index (χ2n) is 6.85. The molecule has 0 aliphatic rings. The van der Waals surface area contributed by atoms with Crippen LogP contribution in [0.15, 0.2) is 93.4 Å². The Kier molecular flexibility index (Phi) is 5.86. The first-order chi connectivity index (χ1) is 15.0. The summed E-state index contributed by atoms with van der Waals surface area (Å²) in [5, 5.41) is 7.60. The molecule has 6 nitrogen and oxygen atoms in total. The Morgan fingerprint density at radius 2 is 1.71 bits per heavy atom. The van der Waals surface area contributed by atoms with Gasteiger partial charge in [0.15, 0.2) is 5.76 Å². The summed E-state index contributed by atoms with van der Waals surface area (Å²) in [5.41, 5.74) is 1.68. The summed E-state index contributed by atoms with van der Waals surface area (Å²) in [5.74, 6) is 0.0544. The number of amides is 2. The highest BCUT2D eigenvalue weighted by Crippen LogP contribution is 2.27. The highest BCUT2D eigenvalue weighted by atomic mass is 32.1. The molecule has 0 bridgehead atoms. The van der Waals surface area contributed by atoms with E-state index in [1.165, 1.54) is 6.26 Å². The molecule has 0 fully saturated rings. The van der Waals surface area contributed by atoms with Crippen LogP contribution in [-0.2, 0) is 0 Å². The van der Waals surface area contributed by atoms with Crippen molar-refractivity contribution in [3.63, 3.8) is 0 Å². The minimum atomic E-state index is -0.354. The molecule has 0 aliphatic carbocycles. The Morgan fingerprint density at radius 3 is 2.45 bits per heavy atom. The lowest BCUT2D eigenvalue weighted by atomic mass is 10.1. The van der Waals surface area contributed by atoms with Crippen molar-refractivity contribution in [3.8, 4) is 0 Å². The number of fused-ring (bicyclic) bond motifs is 1. The van der Waals surface area contributed by atoms with Gasteiger partial charge >= 0.3 is 0 Å².